The van der Waals surface area contributed by atoms with Gasteiger partial charge >= 0.3 is 0 Å². The van der Waals surface area contributed by atoms with Crippen LogP contribution in [0.5, 0.6) is 0 Å². The molecular weight excluding hydrogens is 146 g/mol. The maximum Gasteiger partial charge on any atom is 0.0354 e. The minimum absolute atomic E-state index is 0.682. The van der Waals surface area contributed by atoms with Crippen molar-refractivity contribution in [3.05, 3.63) is 35.4 Å². The molecule has 3 rings (SSSR count). The van der Waals surface area contributed by atoms with Crippen LogP contribution in [0.1, 0.15) is 30.0 Å². The van der Waals surface area contributed by atoms with Gasteiger partial charge in [0.2, 0.25) is 0 Å². The highest BCUT2D eigenvalue weighted by atomic mass is 15.0. The lowest BCUT2D eigenvalue weighted by Crippen LogP contribution is -2.13. The zero-order valence-electron chi connectivity index (χ0n) is 7.09. The molecule has 12 heavy (non-hydrogen) atoms. The van der Waals surface area contributed by atoms with Gasteiger partial charge in [-0.1, -0.05) is 24.3 Å². The monoisotopic (exact) mass is 159 g/mol. The Balaban J connectivity index is 2.01. The van der Waals surface area contributed by atoms with E-state index >= 15 is 0 Å². The number of benzene rings is 1. The average Bonchev–Trinajstić information content (AvgIpc) is 2.86. The lowest BCUT2D eigenvalue weighted by atomic mass is 10.0. The fourth-order valence-electron chi connectivity index (χ4n) is 2.18. The molecule has 62 valence electrons. The Labute approximate surface area is 72.8 Å². The van der Waals surface area contributed by atoms with Gasteiger partial charge in [0.1, 0.15) is 0 Å². The number of fused-ring (bicyclic) bond motifs is 1. The summed E-state index contributed by atoms with van der Waals surface area (Å²) in [6.07, 6.45) is 2.85. The molecule has 2 aliphatic rings. The number of hydrogen-bond donors (Lipinski definition) is 1. The quantitative estimate of drug-likeness (QED) is 0.662. The second-order valence-corrected chi connectivity index (χ2v) is 3.89. The van der Waals surface area contributed by atoms with E-state index in [4.69, 9.17) is 0 Å². The first kappa shape index (κ1) is 6.67. The molecule has 0 amide bonds. The minimum Gasteiger partial charge on any atom is -0.306 e. The van der Waals surface area contributed by atoms with Gasteiger partial charge in [-0.15, -0.1) is 0 Å². The van der Waals surface area contributed by atoms with Crippen molar-refractivity contribution in [2.45, 2.75) is 25.4 Å². The zero-order valence-corrected chi connectivity index (χ0v) is 7.09. The van der Waals surface area contributed by atoms with E-state index in [-0.39, 0.29) is 0 Å². The predicted octanol–water partition coefficient (Wildman–Crippen LogP) is 2.24. The molecule has 1 fully saturated rings. The van der Waals surface area contributed by atoms with E-state index in [1.165, 1.54) is 18.4 Å². The molecule has 0 saturated heterocycles. The highest BCUT2D eigenvalue weighted by Gasteiger charge is 2.35. The molecule has 0 aromatic heterocycles. The molecule has 0 bridgehead atoms. The highest BCUT2D eigenvalue weighted by Crippen LogP contribution is 2.44. The van der Waals surface area contributed by atoms with Crippen molar-refractivity contribution in [3.8, 4) is 0 Å². The van der Waals surface area contributed by atoms with Crippen LogP contribution >= 0.6 is 0 Å². The van der Waals surface area contributed by atoms with Crippen molar-refractivity contribution in [3.63, 3.8) is 0 Å². The third-order valence-corrected chi connectivity index (χ3v) is 3.00. The van der Waals surface area contributed by atoms with Crippen molar-refractivity contribution in [1.29, 1.82) is 0 Å². The van der Waals surface area contributed by atoms with E-state index in [0.717, 1.165) is 12.5 Å². The highest BCUT2D eigenvalue weighted by molar-refractivity contribution is 5.34. The fourth-order valence-corrected chi connectivity index (χ4v) is 2.18. The molecule has 1 nitrogen and oxygen atoms in total. The van der Waals surface area contributed by atoms with Gasteiger partial charge in [0, 0.05) is 12.6 Å². The zero-order chi connectivity index (χ0) is 7.97. The van der Waals surface area contributed by atoms with E-state index in [0.29, 0.717) is 6.04 Å². The fraction of sp³-hybridized carbons (Fsp3) is 0.455. The molecule has 0 spiro atoms. The van der Waals surface area contributed by atoms with Crippen LogP contribution in [0.25, 0.3) is 0 Å². The molecule has 1 aliphatic heterocycles. The molecule has 0 radical (unpaired) electrons. The van der Waals surface area contributed by atoms with Crippen molar-refractivity contribution in [2.24, 2.45) is 5.92 Å². The molecule has 1 N–H and O–H groups in total. The van der Waals surface area contributed by atoms with Crippen molar-refractivity contribution in [1.82, 2.24) is 5.32 Å². The summed E-state index contributed by atoms with van der Waals surface area (Å²) in [7, 11) is 0. The average molecular weight is 159 g/mol. The number of hydrogen-bond acceptors (Lipinski definition) is 1. The van der Waals surface area contributed by atoms with Gasteiger partial charge in [0.25, 0.3) is 0 Å². The smallest absolute Gasteiger partial charge is 0.0354 e. The SMILES string of the molecule is c1ccc2c(c1)CNC2C1CC1. The van der Waals surface area contributed by atoms with E-state index in [1.807, 2.05) is 0 Å². The van der Waals surface area contributed by atoms with E-state index < -0.39 is 0 Å². The van der Waals surface area contributed by atoms with Gasteiger partial charge < -0.3 is 5.32 Å². The summed E-state index contributed by atoms with van der Waals surface area (Å²) in [5, 5.41) is 3.58. The normalized spacial score (nSPS) is 27.2. The largest absolute Gasteiger partial charge is 0.306 e. The van der Waals surface area contributed by atoms with Crippen molar-refractivity contribution >= 4 is 0 Å². The molecule has 1 atom stereocenters. The van der Waals surface area contributed by atoms with Gasteiger partial charge in [-0.05, 0) is 29.9 Å². The molecule has 1 saturated carbocycles. The molecule has 1 unspecified atom stereocenters. The summed E-state index contributed by atoms with van der Waals surface area (Å²) in [6.45, 7) is 1.08. The maximum atomic E-state index is 3.58. The molecule has 1 heterocycles. The number of nitrogens with one attached hydrogen (secondary N) is 1. The summed E-state index contributed by atoms with van der Waals surface area (Å²) in [5.41, 5.74) is 3.06. The lowest BCUT2D eigenvalue weighted by Gasteiger charge is -2.09. The van der Waals surface area contributed by atoms with Crippen LogP contribution in [-0.4, -0.2) is 0 Å². The Morgan fingerprint density at radius 3 is 2.83 bits per heavy atom. The standard InChI is InChI=1S/C11H13N/c1-2-4-10-9(3-1)7-12-11(10)8-5-6-8/h1-4,8,11-12H,5-7H2. The first-order chi connectivity index (χ1) is 5.95. The van der Waals surface area contributed by atoms with Gasteiger partial charge in [0.05, 0.1) is 0 Å². The first-order valence-electron chi connectivity index (χ1n) is 4.76. The molecule has 1 aromatic rings. The molecular formula is C11H13N. The molecule has 1 aromatic carbocycles. The summed E-state index contributed by atoms with van der Waals surface area (Å²) in [5.74, 6) is 0.939. The summed E-state index contributed by atoms with van der Waals surface area (Å²) in [6, 6.07) is 9.49. The van der Waals surface area contributed by atoms with Crippen LogP contribution in [0.2, 0.25) is 0 Å². The van der Waals surface area contributed by atoms with Crippen LogP contribution < -0.4 is 5.32 Å². The van der Waals surface area contributed by atoms with E-state index in [2.05, 4.69) is 29.6 Å². The third-order valence-electron chi connectivity index (χ3n) is 3.00. The molecule has 1 aliphatic carbocycles. The predicted molar refractivity (Wildman–Crippen MR) is 48.7 cm³/mol. The van der Waals surface area contributed by atoms with Gasteiger partial charge in [-0.3, -0.25) is 0 Å². The van der Waals surface area contributed by atoms with E-state index in [9.17, 15) is 0 Å². The Hall–Kier alpha value is -0.820. The Morgan fingerprint density at radius 1 is 1.17 bits per heavy atom. The number of rotatable bonds is 1. The lowest BCUT2D eigenvalue weighted by molar-refractivity contribution is 0.523. The van der Waals surface area contributed by atoms with Crippen LogP contribution in [0.15, 0.2) is 24.3 Å². The van der Waals surface area contributed by atoms with Crippen LogP contribution in [0.3, 0.4) is 0 Å². The first-order valence-corrected chi connectivity index (χ1v) is 4.76. The summed E-state index contributed by atoms with van der Waals surface area (Å²) in [4.78, 5) is 0. The van der Waals surface area contributed by atoms with Gasteiger partial charge in [0.15, 0.2) is 0 Å². The van der Waals surface area contributed by atoms with Gasteiger partial charge in [-0.2, -0.15) is 0 Å². The maximum absolute atomic E-state index is 3.58. The summed E-state index contributed by atoms with van der Waals surface area (Å²) >= 11 is 0. The second kappa shape index (κ2) is 2.33. The van der Waals surface area contributed by atoms with Crippen LogP contribution in [0.4, 0.5) is 0 Å². The van der Waals surface area contributed by atoms with Crippen molar-refractivity contribution < 1.29 is 0 Å². The van der Waals surface area contributed by atoms with Crippen molar-refractivity contribution in [2.75, 3.05) is 0 Å². The minimum atomic E-state index is 0.682. The van der Waals surface area contributed by atoms with E-state index in [1.54, 1.807) is 5.56 Å². The molecule has 1 heteroatoms. The third kappa shape index (κ3) is 0.896. The van der Waals surface area contributed by atoms with Crippen LogP contribution in [0, 0.1) is 5.92 Å². The van der Waals surface area contributed by atoms with Crippen LogP contribution in [-0.2, 0) is 6.54 Å². The second-order valence-electron chi connectivity index (χ2n) is 3.89. The Kier molecular flexibility index (Phi) is 1.30. The topological polar surface area (TPSA) is 12.0 Å². The Morgan fingerprint density at radius 2 is 2.00 bits per heavy atom. The summed E-state index contributed by atoms with van der Waals surface area (Å²) < 4.78 is 0. The van der Waals surface area contributed by atoms with Gasteiger partial charge in [-0.25, -0.2) is 0 Å². The Bertz CT molecular complexity index is 302.